The van der Waals surface area contributed by atoms with E-state index in [0.717, 1.165) is 42.0 Å². The molecule has 0 fully saturated rings. The van der Waals surface area contributed by atoms with Crippen LogP contribution in [0.1, 0.15) is 66.7 Å². The third-order valence-electron chi connectivity index (χ3n) is 6.20. The fourth-order valence-corrected chi connectivity index (χ4v) is 4.35. The second-order valence-corrected chi connectivity index (χ2v) is 8.66. The molecule has 172 valence electrons. The molecule has 0 radical (unpaired) electrons. The lowest BCUT2D eigenvalue weighted by Gasteiger charge is -2.38. The number of ether oxygens (including phenoxy) is 1. The van der Waals surface area contributed by atoms with Crippen LogP contribution < -0.4 is 10.1 Å². The van der Waals surface area contributed by atoms with Crippen LogP contribution in [0.25, 0.3) is 0 Å². The Morgan fingerprint density at radius 1 is 0.879 bits per heavy atom. The lowest BCUT2D eigenvalue weighted by Crippen LogP contribution is -2.44. The molecule has 0 aliphatic carbocycles. The van der Waals surface area contributed by atoms with Crippen molar-refractivity contribution in [3.63, 3.8) is 0 Å². The van der Waals surface area contributed by atoms with E-state index in [-0.39, 0.29) is 12.1 Å². The van der Waals surface area contributed by atoms with Crippen LogP contribution in [0, 0.1) is 0 Å². The van der Waals surface area contributed by atoms with Crippen LogP contribution in [0.4, 0.5) is 5.69 Å². The van der Waals surface area contributed by atoms with Gasteiger partial charge in [0.1, 0.15) is 11.9 Å². The van der Waals surface area contributed by atoms with Crippen LogP contribution in [-0.4, -0.2) is 24.0 Å². The summed E-state index contributed by atoms with van der Waals surface area (Å²) in [6.45, 7) is 3.59. The van der Waals surface area contributed by atoms with Gasteiger partial charge in [-0.05, 0) is 48.2 Å². The zero-order valence-corrected chi connectivity index (χ0v) is 19.5. The van der Waals surface area contributed by atoms with Gasteiger partial charge in [-0.1, -0.05) is 87.2 Å². The second-order valence-electron chi connectivity index (χ2n) is 8.66. The Bertz CT molecular complexity index is 1030. The van der Waals surface area contributed by atoms with Crippen molar-refractivity contribution < 1.29 is 9.53 Å². The van der Waals surface area contributed by atoms with Crippen LogP contribution in [0.2, 0.25) is 0 Å². The monoisotopic (exact) mass is 442 g/mol. The second kappa shape index (κ2) is 11.6. The minimum atomic E-state index is -0.232. The molecule has 0 aromatic heterocycles. The average Bonchev–Trinajstić information content (AvgIpc) is 2.86. The third kappa shape index (κ3) is 5.95. The van der Waals surface area contributed by atoms with Gasteiger partial charge in [0.2, 0.25) is 0 Å². The van der Waals surface area contributed by atoms with Gasteiger partial charge in [0, 0.05) is 12.2 Å². The highest BCUT2D eigenvalue weighted by atomic mass is 16.5. The maximum absolute atomic E-state index is 13.5. The summed E-state index contributed by atoms with van der Waals surface area (Å²) in [5.41, 5.74) is 3.87. The van der Waals surface area contributed by atoms with Gasteiger partial charge in [-0.2, -0.15) is 0 Å². The number of fused-ring (bicyclic) bond motifs is 1. The van der Waals surface area contributed by atoms with Crippen molar-refractivity contribution in [3.8, 4) is 5.75 Å². The molecule has 1 aliphatic rings. The molecule has 1 amide bonds. The van der Waals surface area contributed by atoms with Crippen LogP contribution in [0.3, 0.4) is 0 Å². The smallest absolute Gasteiger partial charge is 0.257 e. The molecule has 4 rings (SSSR count). The van der Waals surface area contributed by atoms with E-state index in [1.54, 1.807) is 0 Å². The Morgan fingerprint density at radius 2 is 1.67 bits per heavy atom. The highest BCUT2D eigenvalue weighted by Gasteiger charge is 2.32. The highest BCUT2D eigenvalue weighted by Crippen LogP contribution is 2.34. The van der Waals surface area contributed by atoms with E-state index in [9.17, 15) is 4.79 Å². The summed E-state index contributed by atoms with van der Waals surface area (Å²) in [6, 6.07) is 26.2. The van der Waals surface area contributed by atoms with Crippen LogP contribution in [0.15, 0.2) is 78.9 Å². The lowest BCUT2D eigenvalue weighted by atomic mass is 10.0. The number of rotatable bonds is 11. The highest BCUT2D eigenvalue weighted by molar-refractivity contribution is 6.01. The molecule has 33 heavy (non-hydrogen) atoms. The van der Waals surface area contributed by atoms with Gasteiger partial charge < -0.3 is 15.0 Å². The molecule has 3 aromatic rings. The summed E-state index contributed by atoms with van der Waals surface area (Å²) in [4.78, 5) is 15.4. The number of carbonyl (C=O) groups is 1. The summed E-state index contributed by atoms with van der Waals surface area (Å²) >= 11 is 0. The molecule has 3 aromatic carbocycles. The number of nitrogens with one attached hydrogen (secondary N) is 1. The Hall–Kier alpha value is -3.27. The standard InChI is InChI=1S/C29H34N2O2/c1-2-3-4-5-11-21-33-25-16-12-15-24(22-25)28-30-27-18-10-9-17-26(27)29(32)31(28)20-19-23-13-7-6-8-14-23/h6-10,12-18,22,28,30H,2-5,11,19-21H2,1H3. The summed E-state index contributed by atoms with van der Waals surface area (Å²) in [5, 5.41) is 3.60. The first-order valence-corrected chi connectivity index (χ1v) is 12.2. The van der Waals surface area contributed by atoms with E-state index in [1.807, 2.05) is 59.5 Å². The first kappa shape index (κ1) is 22.9. The molecule has 1 heterocycles. The predicted octanol–water partition coefficient (Wildman–Crippen LogP) is 6.85. The Kier molecular flexibility index (Phi) is 8.02. The van der Waals surface area contributed by atoms with Crippen molar-refractivity contribution in [2.75, 3.05) is 18.5 Å². The Balaban J connectivity index is 1.50. The van der Waals surface area contributed by atoms with E-state index in [4.69, 9.17) is 4.74 Å². The summed E-state index contributed by atoms with van der Waals surface area (Å²) < 4.78 is 6.05. The van der Waals surface area contributed by atoms with Crippen LogP contribution in [0.5, 0.6) is 5.75 Å². The SMILES string of the molecule is CCCCCCCOc1cccc(C2Nc3ccccc3C(=O)N2CCc2ccccc2)c1. The van der Waals surface area contributed by atoms with Crippen LogP contribution >= 0.6 is 0 Å². The molecule has 0 saturated carbocycles. The fourth-order valence-electron chi connectivity index (χ4n) is 4.35. The fraction of sp³-hybridized carbons (Fsp3) is 0.345. The molecule has 1 atom stereocenters. The van der Waals surface area contributed by atoms with Gasteiger partial charge in [-0.25, -0.2) is 0 Å². The zero-order valence-electron chi connectivity index (χ0n) is 19.5. The van der Waals surface area contributed by atoms with Crippen molar-refractivity contribution in [2.24, 2.45) is 0 Å². The summed E-state index contributed by atoms with van der Waals surface area (Å²) in [6.07, 6.45) is 6.66. The van der Waals surface area contributed by atoms with Crippen LogP contribution in [-0.2, 0) is 6.42 Å². The number of hydrogen-bond donors (Lipinski definition) is 1. The molecule has 4 heteroatoms. The minimum Gasteiger partial charge on any atom is -0.494 e. The topological polar surface area (TPSA) is 41.6 Å². The van der Waals surface area contributed by atoms with E-state index in [1.165, 1.54) is 31.2 Å². The molecule has 1 N–H and O–H groups in total. The maximum Gasteiger partial charge on any atom is 0.257 e. The third-order valence-corrected chi connectivity index (χ3v) is 6.20. The molecule has 0 bridgehead atoms. The number of anilines is 1. The van der Waals surface area contributed by atoms with E-state index >= 15 is 0 Å². The quantitative estimate of drug-likeness (QED) is 0.330. The number of carbonyl (C=O) groups excluding carboxylic acids is 1. The van der Waals surface area contributed by atoms with Crippen molar-refractivity contribution in [1.82, 2.24) is 4.90 Å². The molecule has 0 saturated heterocycles. The molecular weight excluding hydrogens is 408 g/mol. The van der Waals surface area contributed by atoms with Gasteiger partial charge in [0.25, 0.3) is 5.91 Å². The summed E-state index contributed by atoms with van der Waals surface area (Å²) in [5.74, 6) is 0.923. The van der Waals surface area contributed by atoms with Gasteiger partial charge >= 0.3 is 0 Å². The number of nitrogens with zero attached hydrogens (tertiary/aromatic N) is 1. The van der Waals surface area contributed by atoms with Gasteiger partial charge in [-0.15, -0.1) is 0 Å². The summed E-state index contributed by atoms with van der Waals surface area (Å²) in [7, 11) is 0. The number of amides is 1. The Morgan fingerprint density at radius 3 is 2.52 bits per heavy atom. The van der Waals surface area contributed by atoms with Crippen molar-refractivity contribution >= 4 is 11.6 Å². The average molecular weight is 443 g/mol. The van der Waals surface area contributed by atoms with E-state index < -0.39 is 0 Å². The van der Waals surface area contributed by atoms with Crippen molar-refractivity contribution in [1.29, 1.82) is 0 Å². The predicted molar refractivity (Wildman–Crippen MR) is 135 cm³/mol. The number of unbranched alkanes of at least 4 members (excludes halogenated alkanes) is 4. The van der Waals surface area contributed by atoms with Gasteiger partial charge in [0.15, 0.2) is 0 Å². The largest absolute Gasteiger partial charge is 0.494 e. The molecular formula is C29H34N2O2. The Labute approximate surface area is 197 Å². The maximum atomic E-state index is 13.5. The number of para-hydroxylation sites is 1. The first-order valence-electron chi connectivity index (χ1n) is 12.2. The lowest BCUT2D eigenvalue weighted by molar-refractivity contribution is 0.0685. The normalized spacial score (nSPS) is 15.1. The van der Waals surface area contributed by atoms with Gasteiger partial charge in [-0.3, -0.25) is 4.79 Å². The number of hydrogen-bond acceptors (Lipinski definition) is 3. The molecule has 0 spiro atoms. The zero-order chi connectivity index (χ0) is 22.9. The van der Waals surface area contributed by atoms with Gasteiger partial charge in [0.05, 0.1) is 12.2 Å². The van der Waals surface area contributed by atoms with E-state index in [2.05, 4.69) is 36.5 Å². The first-order chi connectivity index (χ1) is 16.3. The molecule has 4 nitrogen and oxygen atoms in total. The van der Waals surface area contributed by atoms with Crippen molar-refractivity contribution in [2.45, 2.75) is 51.6 Å². The van der Waals surface area contributed by atoms with Crippen molar-refractivity contribution in [3.05, 3.63) is 95.6 Å². The molecule has 1 unspecified atom stereocenters. The minimum absolute atomic E-state index is 0.0625. The number of benzene rings is 3. The molecule has 1 aliphatic heterocycles. The van der Waals surface area contributed by atoms with E-state index in [0.29, 0.717) is 6.54 Å².